The highest BCUT2D eigenvalue weighted by Crippen LogP contribution is 2.32. The number of rotatable bonds is 5. The molecule has 2 aromatic carbocycles. The zero-order valence-corrected chi connectivity index (χ0v) is 17.0. The summed E-state index contributed by atoms with van der Waals surface area (Å²) in [5.74, 6) is 0.707. The van der Waals surface area contributed by atoms with Crippen molar-refractivity contribution in [2.45, 2.75) is 9.79 Å². The van der Waals surface area contributed by atoms with Crippen molar-refractivity contribution in [1.82, 2.24) is 14.5 Å². The number of nitrogens with two attached hydrogens (primary N) is 2. The number of nitrogens with zero attached hydrogens (tertiary/aromatic N) is 3. The van der Waals surface area contributed by atoms with Crippen LogP contribution in [0.15, 0.2) is 70.6 Å². The molecule has 0 aliphatic carbocycles. The van der Waals surface area contributed by atoms with Crippen LogP contribution in [0.4, 0.5) is 17.5 Å². The molecule has 2 aromatic heterocycles. The third kappa shape index (κ3) is 3.77. The molecule has 5 N–H and O–H groups in total. The number of nitrogen functional groups attached to an aromatic ring is 1. The van der Waals surface area contributed by atoms with Crippen molar-refractivity contribution in [2.75, 3.05) is 17.3 Å². The zero-order valence-electron chi connectivity index (χ0n) is 15.4. The Morgan fingerprint density at radius 2 is 1.76 bits per heavy atom. The van der Waals surface area contributed by atoms with E-state index in [9.17, 15) is 8.42 Å². The molecule has 0 saturated heterocycles. The maximum Gasteiger partial charge on any atom is 0.238 e. The average molecular weight is 427 g/mol. The van der Waals surface area contributed by atoms with E-state index in [-0.39, 0.29) is 10.8 Å². The standard InChI is InChI=1S/C19H18N6O2S2/c1-28-16-5-3-2-4-14(16)22-18-17-15(23-19(20)24-18)10-11-25(17)12-6-8-13(9-7-12)29(21,26)27/h2-11H,1H3,(H2,21,26,27)(H3,20,22,23,24). The summed E-state index contributed by atoms with van der Waals surface area (Å²) in [4.78, 5) is 9.82. The quantitative estimate of drug-likeness (QED) is 0.418. The Labute approximate surface area is 172 Å². The molecule has 148 valence electrons. The minimum atomic E-state index is -3.76. The van der Waals surface area contributed by atoms with E-state index in [0.717, 1.165) is 21.8 Å². The summed E-state index contributed by atoms with van der Waals surface area (Å²) in [5, 5.41) is 8.54. The van der Waals surface area contributed by atoms with Gasteiger partial charge in [0.25, 0.3) is 0 Å². The molecular weight excluding hydrogens is 408 g/mol. The van der Waals surface area contributed by atoms with E-state index in [1.165, 1.54) is 12.1 Å². The summed E-state index contributed by atoms with van der Waals surface area (Å²) in [5.41, 5.74) is 8.93. The number of fused-ring (bicyclic) bond motifs is 1. The van der Waals surface area contributed by atoms with Crippen LogP contribution in [-0.2, 0) is 10.0 Å². The van der Waals surface area contributed by atoms with Gasteiger partial charge in [0.05, 0.1) is 16.1 Å². The molecule has 0 bridgehead atoms. The van der Waals surface area contributed by atoms with Crippen LogP contribution in [0.5, 0.6) is 0 Å². The molecule has 0 atom stereocenters. The average Bonchev–Trinajstić information content (AvgIpc) is 3.12. The van der Waals surface area contributed by atoms with Crippen LogP contribution in [0.3, 0.4) is 0 Å². The van der Waals surface area contributed by atoms with E-state index in [1.807, 2.05) is 47.4 Å². The van der Waals surface area contributed by atoms with Gasteiger partial charge in [-0.3, -0.25) is 0 Å². The van der Waals surface area contributed by atoms with Gasteiger partial charge >= 0.3 is 0 Å². The van der Waals surface area contributed by atoms with Crippen LogP contribution in [0.1, 0.15) is 0 Å². The highest BCUT2D eigenvalue weighted by molar-refractivity contribution is 7.98. The Morgan fingerprint density at radius 3 is 2.45 bits per heavy atom. The first kappa shape index (κ1) is 19.2. The first-order chi connectivity index (χ1) is 13.9. The Balaban J connectivity index is 1.85. The number of thioether (sulfide) groups is 1. The lowest BCUT2D eigenvalue weighted by Crippen LogP contribution is -2.12. The number of primary sulfonamides is 1. The number of para-hydroxylation sites is 1. The van der Waals surface area contributed by atoms with Crippen molar-refractivity contribution in [3.05, 3.63) is 60.8 Å². The van der Waals surface area contributed by atoms with Crippen molar-refractivity contribution in [3.8, 4) is 5.69 Å². The van der Waals surface area contributed by atoms with E-state index >= 15 is 0 Å². The summed E-state index contributed by atoms with van der Waals surface area (Å²) in [7, 11) is -3.76. The smallest absolute Gasteiger partial charge is 0.238 e. The molecule has 0 aliphatic rings. The second-order valence-electron chi connectivity index (χ2n) is 6.21. The summed E-state index contributed by atoms with van der Waals surface area (Å²) >= 11 is 1.62. The maximum absolute atomic E-state index is 11.5. The van der Waals surface area contributed by atoms with Crippen LogP contribution in [0.25, 0.3) is 16.7 Å². The molecule has 0 fully saturated rings. The number of hydrogen-bond donors (Lipinski definition) is 3. The maximum atomic E-state index is 11.5. The monoisotopic (exact) mass is 426 g/mol. The molecule has 10 heteroatoms. The molecule has 8 nitrogen and oxygen atoms in total. The normalized spacial score (nSPS) is 11.7. The fourth-order valence-electron chi connectivity index (χ4n) is 3.04. The number of hydrogen-bond acceptors (Lipinski definition) is 7. The van der Waals surface area contributed by atoms with Gasteiger partial charge < -0.3 is 15.6 Å². The van der Waals surface area contributed by atoms with Crippen molar-refractivity contribution in [2.24, 2.45) is 5.14 Å². The van der Waals surface area contributed by atoms with E-state index < -0.39 is 10.0 Å². The van der Waals surface area contributed by atoms with Crippen LogP contribution in [0.2, 0.25) is 0 Å². The Hall–Kier alpha value is -3.08. The number of sulfonamides is 1. The molecular formula is C19H18N6O2S2. The Kier molecular flexibility index (Phi) is 4.91. The van der Waals surface area contributed by atoms with Crippen molar-refractivity contribution in [3.63, 3.8) is 0 Å². The molecule has 0 unspecified atom stereocenters. The van der Waals surface area contributed by atoms with Crippen molar-refractivity contribution < 1.29 is 8.42 Å². The molecule has 4 aromatic rings. The second kappa shape index (κ2) is 7.39. The zero-order chi connectivity index (χ0) is 20.6. The lowest BCUT2D eigenvalue weighted by atomic mass is 10.3. The topological polar surface area (TPSA) is 129 Å². The van der Waals surface area contributed by atoms with E-state index in [1.54, 1.807) is 23.9 Å². The van der Waals surface area contributed by atoms with Crippen LogP contribution >= 0.6 is 11.8 Å². The van der Waals surface area contributed by atoms with Crippen LogP contribution < -0.4 is 16.2 Å². The second-order valence-corrected chi connectivity index (χ2v) is 8.62. The molecule has 0 aliphatic heterocycles. The van der Waals surface area contributed by atoms with Crippen LogP contribution in [-0.4, -0.2) is 29.2 Å². The lowest BCUT2D eigenvalue weighted by Gasteiger charge is -2.13. The minimum Gasteiger partial charge on any atom is -0.368 e. The van der Waals surface area contributed by atoms with Gasteiger partial charge in [-0.25, -0.2) is 18.5 Å². The van der Waals surface area contributed by atoms with Gasteiger partial charge in [-0.05, 0) is 48.7 Å². The summed E-state index contributed by atoms with van der Waals surface area (Å²) in [6, 6.07) is 16.0. The first-order valence-corrected chi connectivity index (χ1v) is 11.3. The predicted molar refractivity (Wildman–Crippen MR) is 116 cm³/mol. The third-order valence-electron chi connectivity index (χ3n) is 4.35. The summed E-state index contributed by atoms with van der Waals surface area (Å²) < 4.78 is 24.9. The van der Waals surface area contributed by atoms with Crippen LogP contribution in [0, 0.1) is 0 Å². The van der Waals surface area contributed by atoms with Crippen molar-refractivity contribution >= 4 is 50.3 Å². The fourth-order valence-corrected chi connectivity index (χ4v) is 4.11. The fraction of sp³-hybridized carbons (Fsp3) is 0.0526. The van der Waals surface area contributed by atoms with Gasteiger partial charge in [-0.15, -0.1) is 11.8 Å². The Bertz CT molecular complexity index is 1300. The number of aromatic nitrogens is 3. The van der Waals surface area contributed by atoms with E-state index in [2.05, 4.69) is 15.3 Å². The minimum absolute atomic E-state index is 0.0467. The summed E-state index contributed by atoms with van der Waals surface area (Å²) in [6.07, 6.45) is 3.83. The van der Waals surface area contributed by atoms with Gasteiger partial charge in [0, 0.05) is 16.8 Å². The van der Waals surface area contributed by atoms with Gasteiger partial charge in [-0.1, -0.05) is 12.1 Å². The molecule has 0 amide bonds. The largest absolute Gasteiger partial charge is 0.368 e. The van der Waals surface area contributed by atoms with Gasteiger partial charge in [0.2, 0.25) is 16.0 Å². The first-order valence-electron chi connectivity index (χ1n) is 8.54. The summed E-state index contributed by atoms with van der Waals surface area (Å²) in [6.45, 7) is 0. The molecule has 0 saturated carbocycles. The van der Waals surface area contributed by atoms with E-state index in [4.69, 9.17) is 10.9 Å². The number of benzene rings is 2. The highest BCUT2D eigenvalue weighted by Gasteiger charge is 2.15. The molecule has 4 rings (SSSR count). The van der Waals surface area contributed by atoms with Gasteiger partial charge in [0.1, 0.15) is 5.52 Å². The third-order valence-corrected chi connectivity index (χ3v) is 6.08. The lowest BCUT2D eigenvalue weighted by molar-refractivity contribution is 0.598. The molecule has 29 heavy (non-hydrogen) atoms. The Morgan fingerprint density at radius 1 is 1.03 bits per heavy atom. The van der Waals surface area contributed by atoms with E-state index in [0.29, 0.717) is 11.3 Å². The van der Waals surface area contributed by atoms with Gasteiger partial charge in [0.15, 0.2) is 5.82 Å². The number of anilines is 3. The highest BCUT2D eigenvalue weighted by atomic mass is 32.2. The molecule has 0 spiro atoms. The number of nitrogens with one attached hydrogen (secondary N) is 1. The SMILES string of the molecule is CSc1ccccc1Nc1nc(N)nc2ccn(-c3ccc(S(N)(=O)=O)cc3)c12. The van der Waals surface area contributed by atoms with Crippen molar-refractivity contribution in [1.29, 1.82) is 0 Å². The molecule has 2 heterocycles. The predicted octanol–water partition coefficient (Wildman–Crippen LogP) is 3.12. The molecule has 0 radical (unpaired) electrons. The van der Waals surface area contributed by atoms with Gasteiger partial charge in [-0.2, -0.15) is 4.98 Å².